The number of thioether (sulfide) groups is 1. The number of hydrogen-bond donors (Lipinski definition) is 3. The molecule has 0 spiro atoms. The molecule has 1 amide bonds. The van der Waals surface area contributed by atoms with Gasteiger partial charge in [0.1, 0.15) is 11.6 Å². The Hall–Kier alpha value is -2.13. The second-order valence-corrected chi connectivity index (χ2v) is 7.68. The maximum atomic E-state index is 11.8. The summed E-state index contributed by atoms with van der Waals surface area (Å²) in [5.74, 6) is -1.88. The molecule has 144 valence electrons. The molecule has 0 aliphatic heterocycles. The van der Waals surface area contributed by atoms with Crippen molar-refractivity contribution in [1.82, 2.24) is 5.32 Å². The van der Waals surface area contributed by atoms with Crippen molar-refractivity contribution in [3.63, 3.8) is 0 Å². The first-order chi connectivity index (χ1) is 11.9. The molecule has 0 heterocycles. The van der Waals surface area contributed by atoms with Crippen LogP contribution in [0.25, 0.3) is 0 Å². The Morgan fingerprint density at radius 2 is 1.96 bits per heavy atom. The Bertz CT molecular complexity index is 705. The van der Waals surface area contributed by atoms with Crippen LogP contribution in [0.4, 0.5) is 10.5 Å². The van der Waals surface area contributed by atoms with E-state index in [1.165, 1.54) is 19.2 Å². The van der Waals surface area contributed by atoms with Crippen LogP contribution in [0.5, 0.6) is 0 Å². The predicted molar refractivity (Wildman–Crippen MR) is 98.7 cm³/mol. The summed E-state index contributed by atoms with van der Waals surface area (Å²) in [6.45, 7) is 5.01. The van der Waals surface area contributed by atoms with Crippen LogP contribution in [0.15, 0.2) is 17.0 Å². The molecule has 1 aromatic carbocycles. The van der Waals surface area contributed by atoms with Gasteiger partial charge in [-0.25, -0.2) is 14.4 Å². The third-order valence-electron chi connectivity index (χ3n) is 2.90. The zero-order chi connectivity index (χ0) is 20.1. The van der Waals surface area contributed by atoms with Crippen LogP contribution in [0, 0.1) is 0 Å². The standard InChI is InChI=1S/C16H21ClN2O6S/c1-16(2,3)25-15(23)19-11(13(20)21)7-26-12-6-9(17)8(5-10(12)18)14(22)24-4/h5-6,11H,7,18H2,1-4H3,(H,19,23)(H,20,21). The number of rotatable bonds is 6. The molecule has 0 bridgehead atoms. The molecular weight excluding hydrogens is 384 g/mol. The number of halogens is 1. The first-order valence-corrected chi connectivity index (χ1v) is 8.83. The average molecular weight is 405 g/mol. The lowest BCUT2D eigenvalue weighted by atomic mass is 10.2. The van der Waals surface area contributed by atoms with Gasteiger partial charge in [0.2, 0.25) is 0 Å². The minimum atomic E-state index is -1.22. The monoisotopic (exact) mass is 404 g/mol. The van der Waals surface area contributed by atoms with Crippen LogP contribution in [0.3, 0.4) is 0 Å². The maximum Gasteiger partial charge on any atom is 0.408 e. The summed E-state index contributed by atoms with van der Waals surface area (Å²) in [5.41, 5.74) is 5.48. The molecule has 10 heteroatoms. The SMILES string of the molecule is COC(=O)c1cc(N)c(SCC(NC(=O)OC(C)(C)C)C(=O)O)cc1Cl. The topological polar surface area (TPSA) is 128 Å². The highest BCUT2D eigenvalue weighted by Gasteiger charge is 2.24. The minimum absolute atomic E-state index is 0.0212. The number of esters is 1. The summed E-state index contributed by atoms with van der Waals surface area (Å²) < 4.78 is 9.65. The van der Waals surface area contributed by atoms with Crippen LogP contribution in [0.2, 0.25) is 5.02 Å². The Labute approximate surface area is 160 Å². The van der Waals surface area contributed by atoms with Gasteiger partial charge < -0.3 is 25.6 Å². The molecule has 0 aliphatic rings. The summed E-state index contributed by atoms with van der Waals surface area (Å²) in [5, 5.41) is 11.7. The fourth-order valence-electron chi connectivity index (χ4n) is 1.76. The normalized spacial score (nSPS) is 12.2. The van der Waals surface area contributed by atoms with Crippen LogP contribution in [-0.4, -0.2) is 47.6 Å². The fraction of sp³-hybridized carbons (Fsp3) is 0.438. The van der Waals surface area contributed by atoms with Crippen molar-refractivity contribution in [2.45, 2.75) is 37.3 Å². The molecule has 8 nitrogen and oxygen atoms in total. The third-order valence-corrected chi connectivity index (χ3v) is 4.38. The van der Waals surface area contributed by atoms with E-state index in [9.17, 15) is 19.5 Å². The largest absolute Gasteiger partial charge is 0.480 e. The number of carboxylic acids is 1. The molecule has 0 radical (unpaired) electrons. The molecule has 1 rings (SSSR count). The molecule has 0 fully saturated rings. The number of carboxylic acid groups (broad SMARTS) is 1. The number of alkyl carbamates (subject to hydrolysis) is 1. The lowest BCUT2D eigenvalue weighted by molar-refractivity contribution is -0.138. The lowest BCUT2D eigenvalue weighted by Crippen LogP contribution is -2.44. The van der Waals surface area contributed by atoms with Gasteiger partial charge >= 0.3 is 18.0 Å². The molecule has 0 saturated heterocycles. The molecular formula is C16H21ClN2O6S. The van der Waals surface area contributed by atoms with Gasteiger partial charge in [-0.2, -0.15) is 0 Å². The number of methoxy groups -OCH3 is 1. The minimum Gasteiger partial charge on any atom is -0.480 e. The second-order valence-electron chi connectivity index (χ2n) is 6.21. The quantitative estimate of drug-likeness (QED) is 0.375. The van der Waals surface area contributed by atoms with Crippen LogP contribution >= 0.6 is 23.4 Å². The van der Waals surface area contributed by atoms with E-state index in [1.807, 2.05) is 0 Å². The zero-order valence-electron chi connectivity index (χ0n) is 14.8. The van der Waals surface area contributed by atoms with Gasteiger partial charge in [-0.1, -0.05) is 11.6 Å². The zero-order valence-corrected chi connectivity index (χ0v) is 16.4. The summed E-state index contributed by atoms with van der Waals surface area (Å²) in [6.07, 6.45) is -0.836. The Kier molecular flexibility index (Phi) is 7.58. The van der Waals surface area contributed by atoms with Gasteiger partial charge in [0.25, 0.3) is 0 Å². The van der Waals surface area contributed by atoms with E-state index in [0.717, 1.165) is 11.8 Å². The molecule has 1 unspecified atom stereocenters. The summed E-state index contributed by atoms with van der Waals surface area (Å²) in [6, 6.07) is 1.60. The Balaban J connectivity index is 2.84. The number of nitrogens with two attached hydrogens (primary N) is 1. The highest BCUT2D eigenvalue weighted by Crippen LogP contribution is 2.31. The Morgan fingerprint density at radius 3 is 2.46 bits per heavy atom. The molecule has 4 N–H and O–H groups in total. The van der Waals surface area contributed by atoms with E-state index in [0.29, 0.717) is 4.90 Å². The molecule has 0 saturated carbocycles. The van der Waals surface area contributed by atoms with E-state index >= 15 is 0 Å². The van der Waals surface area contributed by atoms with Crippen molar-refractivity contribution in [1.29, 1.82) is 0 Å². The van der Waals surface area contributed by atoms with Crippen LogP contribution < -0.4 is 11.1 Å². The first-order valence-electron chi connectivity index (χ1n) is 7.47. The predicted octanol–water partition coefficient (Wildman–Crippen LogP) is 2.78. The van der Waals surface area contributed by atoms with Gasteiger partial charge in [0.05, 0.1) is 17.7 Å². The summed E-state index contributed by atoms with van der Waals surface area (Å²) in [7, 11) is 1.22. The van der Waals surface area contributed by atoms with E-state index in [2.05, 4.69) is 10.1 Å². The number of amides is 1. The molecule has 26 heavy (non-hydrogen) atoms. The molecule has 0 aliphatic carbocycles. The number of ether oxygens (including phenoxy) is 2. The smallest absolute Gasteiger partial charge is 0.408 e. The van der Waals surface area contributed by atoms with Crippen molar-refractivity contribution in [3.8, 4) is 0 Å². The van der Waals surface area contributed by atoms with E-state index in [-0.39, 0.29) is 22.0 Å². The third kappa shape index (κ3) is 6.64. The molecule has 1 aromatic rings. The second kappa shape index (κ2) is 9.00. The average Bonchev–Trinajstić information content (AvgIpc) is 2.51. The first kappa shape index (κ1) is 21.9. The lowest BCUT2D eigenvalue weighted by Gasteiger charge is -2.22. The van der Waals surface area contributed by atoms with Crippen molar-refractivity contribution >= 4 is 47.1 Å². The number of nitrogens with one attached hydrogen (secondary N) is 1. The van der Waals surface area contributed by atoms with Crippen molar-refractivity contribution in [2.24, 2.45) is 0 Å². The van der Waals surface area contributed by atoms with Crippen molar-refractivity contribution in [3.05, 3.63) is 22.7 Å². The van der Waals surface area contributed by atoms with Crippen molar-refractivity contribution in [2.75, 3.05) is 18.6 Å². The number of hydrogen-bond acceptors (Lipinski definition) is 7. The van der Waals surface area contributed by atoms with Gasteiger partial charge in [0.15, 0.2) is 0 Å². The number of carbonyl (C=O) groups excluding carboxylic acids is 2. The van der Waals surface area contributed by atoms with Crippen molar-refractivity contribution < 1.29 is 29.0 Å². The van der Waals surface area contributed by atoms with Gasteiger partial charge in [-0.3, -0.25) is 0 Å². The summed E-state index contributed by atoms with van der Waals surface area (Å²) >= 11 is 7.11. The van der Waals surface area contributed by atoms with Gasteiger partial charge in [-0.15, -0.1) is 11.8 Å². The number of carbonyl (C=O) groups is 3. The van der Waals surface area contributed by atoms with Gasteiger partial charge in [0, 0.05) is 16.3 Å². The summed E-state index contributed by atoms with van der Waals surface area (Å²) in [4.78, 5) is 35.2. The maximum absolute atomic E-state index is 11.8. The van der Waals surface area contributed by atoms with Crippen LogP contribution in [-0.2, 0) is 14.3 Å². The van der Waals surface area contributed by atoms with Gasteiger partial charge in [-0.05, 0) is 32.9 Å². The number of aliphatic carboxylic acids is 1. The highest BCUT2D eigenvalue weighted by atomic mass is 35.5. The number of anilines is 1. The number of nitrogen functional groups attached to an aromatic ring is 1. The molecule has 0 aromatic heterocycles. The van der Waals surface area contributed by atoms with E-state index in [4.69, 9.17) is 22.1 Å². The molecule has 1 atom stereocenters. The van der Waals surface area contributed by atoms with E-state index in [1.54, 1.807) is 20.8 Å². The number of benzene rings is 1. The fourth-order valence-corrected chi connectivity index (χ4v) is 3.07. The Morgan fingerprint density at radius 1 is 1.35 bits per heavy atom. The highest BCUT2D eigenvalue weighted by molar-refractivity contribution is 7.99. The van der Waals surface area contributed by atoms with Crippen LogP contribution in [0.1, 0.15) is 31.1 Å². The van der Waals surface area contributed by atoms with E-state index < -0.39 is 29.7 Å².